The second kappa shape index (κ2) is 5.04. The highest BCUT2D eigenvalue weighted by molar-refractivity contribution is 5.01. The van der Waals surface area contributed by atoms with E-state index in [1.807, 2.05) is 6.92 Å². The molecule has 0 aromatic carbocycles. The Labute approximate surface area is 118 Å². The second-order valence-electron chi connectivity index (χ2n) is 8.43. The van der Waals surface area contributed by atoms with Crippen molar-refractivity contribution in [3.63, 3.8) is 0 Å². The highest BCUT2D eigenvalue weighted by atomic mass is 16.3. The highest BCUT2D eigenvalue weighted by Gasteiger charge is 2.48. The first-order chi connectivity index (χ1) is 8.93. The number of aliphatic hydroxyl groups is 1. The molecule has 2 nitrogen and oxygen atoms in total. The molecule has 4 aliphatic rings. The van der Waals surface area contributed by atoms with Crippen molar-refractivity contribution in [3.8, 4) is 0 Å². The van der Waals surface area contributed by atoms with Crippen LogP contribution in [0.25, 0.3) is 0 Å². The summed E-state index contributed by atoms with van der Waals surface area (Å²) in [6, 6.07) is 0.700. The summed E-state index contributed by atoms with van der Waals surface area (Å²) in [5.74, 6) is 4.46. The molecule has 0 spiro atoms. The zero-order valence-corrected chi connectivity index (χ0v) is 12.9. The van der Waals surface area contributed by atoms with Crippen LogP contribution >= 0.6 is 0 Å². The van der Waals surface area contributed by atoms with Crippen LogP contribution in [0.15, 0.2) is 0 Å². The Balaban J connectivity index is 1.56. The lowest BCUT2D eigenvalue weighted by Gasteiger charge is -2.55. The van der Waals surface area contributed by atoms with Gasteiger partial charge in [0.2, 0.25) is 0 Å². The molecule has 4 rings (SSSR count). The predicted molar refractivity (Wildman–Crippen MR) is 78.9 cm³/mol. The van der Waals surface area contributed by atoms with Gasteiger partial charge in [0.15, 0.2) is 0 Å². The van der Waals surface area contributed by atoms with Gasteiger partial charge in [0.25, 0.3) is 0 Å². The topological polar surface area (TPSA) is 32.3 Å². The van der Waals surface area contributed by atoms with E-state index >= 15 is 0 Å². The van der Waals surface area contributed by atoms with Crippen molar-refractivity contribution in [1.29, 1.82) is 0 Å². The van der Waals surface area contributed by atoms with Gasteiger partial charge in [-0.1, -0.05) is 13.8 Å². The molecule has 1 atom stereocenters. The van der Waals surface area contributed by atoms with Crippen LogP contribution in [0.2, 0.25) is 0 Å². The highest BCUT2D eigenvalue weighted by Crippen LogP contribution is 2.53. The quantitative estimate of drug-likeness (QED) is 0.800. The molecule has 0 amide bonds. The normalized spacial score (nSPS) is 43.7. The number of nitrogens with one attached hydrogen (secondary N) is 1. The number of rotatable bonds is 5. The summed E-state index contributed by atoms with van der Waals surface area (Å²) in [5.41, 5.74) is -0.539. The molecule has 0 aromatic rings. The summed E-state index contributed by atoms with van der Waals surface area (Å²) >= 11 is 0. The molecule has 0 aromatic heterocycles. The van der Waals surface area contributed by atoms with Crippen molar-refractivity contribution in [2.75, 3.05) is 6.54 Å². The Bertz CT molecular complexity index is 295. The molecule has 19 heavy (non-hydrogen) atoms. The molecular weight excluding hydrogens is 234 g/mol. The Kier molecular flexibility index (Phi) is 3.68. The average molecular weight is 265 g/mol. The summed E-state index contributed by atoms with van der Waals surface area (Å²) in [6.07, 6.45) is 8.24. The summed E-state index contributed by atoms with van der Waals surface area (Å²) in [4.78, 5) is 0. The van der Waals surface area contributed by atoms with Crippen molar-refractivity contribution in [2.45, 2.75) is 70.9 Å². The van der Waals surface area contributed by atoms with Gasteiger partial charge in [-0.25, -0.2) is 0 Å². The Morgan fingerprint density at radius 1 is 1.05 bits per heavy atom. The molecule has 4 bridgehead atoms. The SMILES string of the molecule is CC(C)CC(C)(O)CNC1C2CC3CC(C2)CC1C3. The lowest BCUT2D eigenvalue weighted by Crippen LogP contribution is -2.57. The minimum absolute atomic E-state index is 0.539. The van der Waals surface area contributed by atoms with Crippen LogP contribution in [-0.4, -0.2) is 23.3 Å². The molecule has 0 heterocycles. The fourth-order valence-corrected chi connectivity index (χ4v) is 5.55. The van der Waals surface area contributed by atoms with Crippen LogP contribution < -0.4 is 5.32 Å². The Morgan fingerprint density at radius 2 is 1.58 bits per heavy atom. The van der Waals surface area contributed by atoms with Gasteiger partial charge in [0.05, 0.1) is 5.60 Å². The third-order valence-electron chi connectivity index (χ3n) is 5.79. The number of hydrogen-bond donors (Lipinski definition) is 2. The molecule has 110 valence electrons. The smallest absolute Gasteiger partial charge is 0.0746 e. The van der Waals surface area contributed by atoms with Gasteiger partial charge in [-0.2, -0.15) is 0 Å². The van der Waals surface area contributed by atoms with E-state index in [9.17, 15) is 5.11 Å². The second-order valence-corrected chi connectivity index (χ2v) is 8.43. The van der Waals surface area contributed by atoms with Crippen molar-refractivity contribution in [1.82, 2.24) is 5.32 Å². The van der Waals surface area contributed by atoms with E-state index in [0.717, 1.165) is 36.6 Å². The standard InChI is InChI=1S/C17H31NO/c1-11(2)9-17(3,19)10-18-16-14-5-12-4-13(7-14)8-15(16)6-12/h11-16,18-19H,4-10H2,1-3H3. The van der Waals surface area contributed by atoms with Crippen LogP contribution in [-0.2, 0) is 0 Å². The monoisotopic (exact) mass is 265 g/mol. The molecule has 2 N–H and O–H groups in total. The van der Waals surface area contributed by atoms with E-state index in [2.05, 4.69) is 19.2 Å². The van der Waals surface area contributed by atoms with Crippen molar-refractivity contribution >= 4 is 0 Å². The average Bonchev–Trinajstić information content (AvgIpc) is 2.24. The van der Waals surface area contributed by atoms with E-state index < -0.39 is 5.60 Å². The molecule has 0 radical (unpaired) electrons. The van der Waals surface area contributed by atoms with E-state index in [1.165, 1.54) is 32.1 Å². The molecule has 4 fully saturated rings. The lowest BCUT2D eigenvalue weighted by atomic mass is 9.54. The first kappa shape index (κ1) is 13.9. The zero-order chi connectivity index (χ0) is 13.6. The maximum absolute atomic E-state index is 10.5. The first-order valence-corrected chi connectivity index (χ1v) is 8.39. The summed E-state index contributed by atoms with van der Waals surface area (Å²) < 4.78 is 0. The van der Waals surface area contributed by atoms with Crippen LogP contribution in [0.5, 0.6) is 0 Å². The molecule has 0 saturated heterocycles. The van der Waals surface area contributed by atoms with Crippen molar-refractivity contribution in [2.24, 2.45) is 29.6 Å². The van der Waals surface area contributed by atoms with Crippen molar-refractivity contribution < 1.29 is 5.11 Å². The van der Waals surface area contributed by atoms with Crippen LogP contribution in [0, 0.1) is 29.6 Å². The lowest BCUT2D eigenvalue weighted by molar-refractivity contribution is -0.0284. The minimum Gasteiger partial charge on any atom is -0.389 e. The van der Waals surface area contributed by atoms with E-state index in [4.69, 9.17) is 0 Å². The van der Waals surface area contributed by atoms with E-state index in [0.29, 0.717) is 12.0 Å². The van der Waals surface area contributed by atoms with Gasteiger partial charge in [-0.05, 0) is 75.0 Å². The molecule has 1 unspecified atom stereocenters. The molecule has 4 aliphatic carbocycles. The van der Waals surface area contributed by atoms with E-state index in [-0.39, 0.29) is 0 Å². The molecular formula is C17H31NO. The fourth-order valence-electron chi connectivity index (χ4n) is 5.55. The van der Waals surface area contributed by atoms with Gasteiger partial charge >= 0.3 is 0 Å². The maximum atomic E-state index is 10.5. The predicted octanol–water partition coefficient (Wildman–Crippen LogP) is 3.20. The molecule has 4 saturated carbocycles. The molecule has 0 aliphatic heterocycles. The van der Waals surface area contributed by atoms with Crippen molar-refractivity contribution in [3.05, 3.63) is 0 Å². The Morgan fingerprint density at radius 3 is 2.05 bits per heavy atom. The fraction of sp³-hybridized carbons (Fsp3) is 1.00. The number of hydrogen-bond acceptors (Lipinski definition) is 2. The van der Waals surface area contributed by atoms with Gasteiger partial charge in [-0.15, -0.1) is 0 Å². The van der Waals surface area contributed by atoms with Gasteiger partial charge < -0.3 is 10.4 Å². The Hall–Kier alpha value is -0.0800. The zero-order valence-electron chi connectivity index (χ0n) is 12.9. The minimum atomic E-state index is -0.539. The largest absolute Gasteiger partial charge is 0.389 e. The summed E-state index contributed by atoms with van der Waals surface area (Å²) in [5, 5.41) is 14.2. The van der Waals surface area contributed by atoms with Crippen LogP contribution in [0.3, 0.4) is 0 Å². The summed E-state index contributed by atoms with van der Waals surface area (Å²) in [6.45, 7) is 7.16. The van der Waals surface area contributed by atoms with Gasteiger partial charge in [0, 0.05) is 12.6 Å². The summed E-state index contributed by atoms with van der Waals surface area (Å²) in [7, 11) is 0. The first-order valence-electron chi connectivity index (χ1n) is 8.39. The third kappa shape index (κ3) is 3.00. The van der Waals surface area contributed by atoms with Gasteiger partial charge in [-0.3, -0.25) is 0 Å². The third-order valence-corrected chi connectivity index (χ3v) is 5.79. The van der Waals surface area contributed by atoms with E-state index in [1.54, 1.807) is 0 Å². The van der Waals surface area contributed by atoms with Crippen LogP contribution in [0.4, 0.5) is 0 Å². The van der Waals surface area contributed by atoms with Gasteiger partial charge in [0.1, 0.15) is 0 Å². The maximum Gasteiger partial charge on any atom is 0.0746 e. The molecule has 2 heteroatoms. The van der Waals surface area contributed by atoms with Crippen LogP contribution in [0.1, 0.15) is 59.3 Å².